The number of aryl methyl sites for hydroxylation is 2. The van der Waals surface area contributed by atoms with E-state index in [0.29, 0.717) is 11.0 Å². The number of aromatic nitrogens is 1. The Morgan fingerprint density at radius 2 is 2.15 bits per heavy atom. The van der Waals surface area contributed by atoms with Crippen LogP contribution in [0.3, 0.4) is 0 Å². The fraction of sp³-hybridized carbons (Fsp3) is 0.625. The molecular weight excluding hydrogens is 266 g/mol. The maximum atomic E-state index is 5.96. The van der Waals surface area contributed by atoms with Crippen LogP contribution in [0.1, 0.15) is 56.0 Å². The lowest BCUT2D eigenvalue weighted by Gasteiger charge is -2.33. The maximum Gasteiger partial charge on any atom is 0.107 e. The lowest BCUT2D eigenvalue weighted by atomic mass is 10.0. The van der Waals surface area contributed by atoms with Crippen molar-refractivity contribution in [2.75, 3.05) is 11.4 Å². The molecule has 0 amide bonds. The van der Waals surface area contributed by atoms with Crippen molar-refractivity contribution < 1.29 is 0 Å². The molecule has 1 atom stereocenters. The highest BCUT2D eigenvalue weighted by atomic mass is 32.1. The van der Waals surface area contributed by atoms with E-state index in [1.165, 1.54) is 31.4 Å². The first-order chi connectivity index (χ1) is 9.54. The fourth-order valence-corrected chi connectivity index (χ4v) is 3.51. The Bertz CT molecular complexity index is 499. The van der Waals surface area contributed by atoms with Crippen molar-refractivity contribution in [2.24, 2.45) is 5.73 Å². The van der Waals surface area contributed by atoms with Crippen LogP contribution >= 0.6 is 12.2 Å². The molecule has 0 spiro atoms. The topological polar surface area (TPSA) is 42.2 Å². The van der Waals surface area contributed by atoms with E-state index >= 15 is 0 Å². The molecule has 0 saturated carbocycles. The zero-order valence-electron chi connectivity index (χ0n) is 12.8. The molecule has 110 valence electrons. The molecule has 0 aromatic carbocycles. The Kier molecular flexibility index (Phi) is 4.97. The molecule has 0 aliphatic carbocycles. The van der Waals surface area contributed by atoms with Crippen molar-refractivity contribution in [3.8, 4) is 0 Å². The van der Waals surface area contributed by atoms with Gasteiger partial charge in [-0.1, -0.05) is 32.0 Å². The van der Waals surface area contributed by atoms with Crippen molar-refractivity contribution in [1.29, 1.82) is 0 Å². The minimum absolute atomic E-state index is 0.462. The molecular formula is C16H25N3S. The third kappa shape index (κ3) is 3.11. The minimum atomic E-state index is 0.462. The lowest BCUT2D eigenvalue weighted by Crippen LogP contribution is -2.36. The van der Waals surface area contributed by atoms with Gasteiger partial charge in [-0.15, -0.1) is 0 Å². The lowest BCUT2D eigenvalue weighted by molar-refractivity contribution is 0.555. The van der Waals surface area contributed by atoms with Gasteiger partial charge in [-0.2, -0.15) is 0 Å². The summed E-state index contributed by atoms with van der Waals surface area (Å²) >= 11 is 5.27. The van der Waals surface area contributed by atoms with Crippen molar-refractivity contribution in [2.45, 2.75) is 58.9 Å². The van der Waals surface area contributed by atoms with E-state index in [4.69, 9.17) is 18.0 Å². The Labute approximate surface area is 127 Å². The molecule has 1 saturated heterocycles. The molecule has 1 unspecified atom stereocenters. The van der Waals surface area contributed by atoms with Gasteiger partial charge in [0, 0.05) is 24.0 Å². The van der Waals surface area contributed by atoms with Crippen LogP contribution in [0.4, 0.5) is 5.69 Å². The first kappa shape index (κ1) is 15.2. The van der Waals surface area contributed by atoms with Gasteiger partial charge in [0.1, 0.15) is 4.99 Å². The highest BCUT2D eigenvalue weighted by molar-refractivity contribution is 7.80. The Morgan fingerprint density at radius 1 is 1.40 bits per heavy atom. The first-order valence-electron chi connectivity index (χ1n) is 7.59. The summed E-state index contributed by atoms with van der Waals surface area (Å²) in [5.74, 6) is 0. The van der Waals surface area contributed by atoms with Gasteiger partial charge in [-0.3, -0.25) is 4.98 Å². The Balaban J connectivity index is 2.50. The molecule has 1 aliphatic rings. The van der Waals surface area contributed by atoms with Crippen molar-refractivity contribution in [1.82, 2.24) is 4.98 Å². The third-order valence-corrected chi connectivity index (χ3v) is 4.42. The van der Waals surface area contributed by atoms with E-state index in [1.54, 1.807) is 0 Å². The molecule has 4 heteroatoms. The van der Waals surface area contributed by atoms with Gasteiger partial charge in [-0.25, -0.2) is 0 Å². The smallest absolute Gasteiger partial charge is 0.107 e. The fourth-order valence-electron chi connectivity index (χ4n) is 3.26. The minimum Gasteiger partial charge on any atom is -0.389 e. The number of hydrogen-bond donors (Lipinski definition) is 1. The van der Waals surface area contributed by atoms with Crippen LogP contribution in [0, 0.1) is 13.8 Å². The van der Waals surface area contributed by atoms with E-state index in [1.807, 2.05) is 13.8 Å². The standard InChI is InChI=1S/C16H25N3S/c1-4-13-8-6-5-7-9-19(13)14-10-11(2)18-12(3)15(14)16(17)20/h10,13H,4-9H2,1-3H3,(H2,17,20). The van der Waals surface area contributed by atoms with Crippen LogP contribution in [-0.4, -0.2) is 22.6 Å². The number of pyridine rings is 1. The summed E-state index contributed by atoms with van der Waals surface area (Å²) in [5, 5.41) is 0. The van der Waals surface area contributed by atoms with E-state index in [2.05, 4.69) is 22.9 Å². The average molecular weight is 291 g/mol. The Morgan fingerprint density at radius 3 is 2.80 bits per heavy atom. The SMILES string of the molecule is CCC1CCCCCN1c1cc(C)nc(C)c1C(N)=S. The molecule has 0 bridgehead atoms. The van der Waals surface area contributed by atoms with Gasteiger partial charge in [0.15, 0.2) is 0 Å². The van der Waals surface area contributed by atoms with Crippen LogP contribution in [0.25, 0.3) is 0 Å². The summed E-state index contributed by atoms with van der Waals surface area (Å²) < 4.78 is 0. The number of thiocarbonyl (C=S) groups is 1. The summed E-state index contributed by atoms with van der Waals surface area (Å²) in [5.41, 5.74) is 10.1. The molecule has 1 fully saturated rings. The summed E-state index contributed by atoms with van der Waals surface area (Å²) in [4.78, 5) is 7.51. The van der Waals surface area contributed by atoms with Gasteiger partial charge in [-0.05, 0) is 39.2 Å². The molecule has 2 rings (SSSR count). The zero-order valence-corrected chi connectivity index (χ0v) is 13.6. The van der Waals surface area contributed by atoms with E-state index in [0.717, 1.165) is 29.9 Å². The summed E-state index contributed by atoms with van der Waals surface area (Å²) in [6, 6.07) is 2.74. The molecule has 1 aromatic heterocycles. The van der Waals surface area contributed by atoms with Gasteiger partial charge in [0.25, 0.3) is 0 Å². The summed E-state index contributed by atoms with van der Waals surface area (Å²) in [6.45, 7) is 7.41. The molecule has 3 nitrogen and oxygen atoms in total. The predicted octanol–water partition coefficient (Wildman–Crippen LogP) is 3.49. The molecule has 1 aromatic rings. The van der Waals surface area contributed by atoms with Gasteiger partial charge in [0.05, 0.1) is 11.3 Å². The first-order valence-corrected chi connectivity index (χ1v) is 8.00. The van der Waals surface area contributed by atoms with Crippen molar-refractivity contribution in [3.05, 3.63) is 23.0 Å². The summed E-state index contributed by atoms with van der Waals surface area (Å²) in [7, 11) is 0. The molecule has 1 aliphatic heterocycles. The van der Waals surface area contributed by atoms with Crippen LogP contribution < -0.4 is 10.6 Å². The van der Waals surface area contributed by atoms with Crippen molar-refractivity contribution in [3.63, 3.8) is 0 Å². The predicted molar refractivity (Wildman–Crippen MR) is 89.5 cm³/mol. The van der Waals surface area contributed by atoms with Gasteiger partial charge >= 0.3 is 0 Å². The normalized spacial score (nSPS) is 19.8. The number of anilines is 1. The maximum absolute atomic E-state index is 5.96. The molecule has 2 heterocycles. The highest BCUT2D eigenvalue weighted by Gasteiger charge is 2.24. The Hall–Kier alpha value is -1.16. The third-order valence-electron chi connectivity index (χ3n) is 4.21. The van der Waals surface area contributed by atoms with Crippen LogP contribution in [0.15, 0.2) is 6.07 Å². The van der Waals surface area contributed by atoms with E-state index in [-0.39, 0.29) is 0 Å². The highest BCUT2D eigenvalue weighted by Crippen LogP contribution is 2.30. The van der Waals surface area contributed by atoms with Crippen LogP contribution in [0.2, 0.25) is 0 Å². The quantitative estimate of drug-likeness (QED) is 0.866. The number of hydrogen-bond acceptors (Lipinski definition) is 3. The molecule has 0 radical (unpaired) electrons. The second-order valence-electron chi connectivity index (χ2n) is 5.71. The number of nitrogens with two attached hydrogens (primary N) is 1. The number of rotatable bonds is 3. The van der Waals surface area contributed by atoms with Crippen LogP contribution in [0.5, 0.6) is 0 Å². The second kappa shape index (κ2) is 6.53. The largest absolute Gasteiger partial charge is 0.389 e. The van der Waals surface area contributed by atoms with Gasteiger partial charge in [0.2, 0.25) is 0 Å². The van der Waals surface area contributed by atoms with E-state index < -0.39 is 0 Å². The van der Waals surface area contributed by atoms with Crippen molar-refractivity contribution >= 4 is 22.9 Å². The summed E-state index contributed by atoms with van der Waals surface area (Å²) in [6.07, 6.45) is 6.30. The van der Waals surface area contributed by atoms with E-state index in [9.17, 15) is 0 Å². The van der Waals surface area contributed by atoms with Gasteiger partial charge < -0.3 is 10.6 Å². The second-order valence-corrected chi connectivity index (χ2v) is 6.15. The number of nitrogens with zero attached hydrogens (tertiary/aromatic N) is 2. The monoisotopic (exact) mass is 291 g/mol. The molecule has 20 heavy (non-hydrogen) atoms. The van der Waals surface area contributed by atoms with Crippen LogP contribution in [-0.2, 0) is 0 Å². The average Bonchev–Trinajstić information content (AvgIpc) is 2.61. The molecule has 2 N–H and O–H groups in total. The zero-order chi connectivity index (χ0) is 14.7.